The maximum atomic E-state index is 13.1. The van der Waals surface area contributed by atoms with Crippen LogP contribution in [0.25, 0.3) is 0 Å². The second-order valence-electron chi connectivity index (χ2n) is 8.51. The van der Waals surface area contributed by atoms with Crippen LogP contribution in [0.4, 0.5) is 0 Å². The van der Waals surface area contributed by atoms with Crippen LogP contribution in [0, 0.1) is 5.92 Å². The number of rotatable bonds is 6. The van der Waals surface area contributed by atoms with Crippen molar-refractivity contribution in [3.63, 3.8) is 0 Å². The Balaban J connectivity index is 1.24. The predicted molar refractivity (Wildman–Crippen MR) is 117 cm³/mol. The molecule has 4 amide bonds. The third-order valence-electron chi connectivity index (χ3n) is 6.49. The molecule has 0 bridgehead atoms. The minimum atomic E-state index is -0.175. The fourth-order valence-corrected chi connectivity index (χ4v) is 5.36. The maximum absolute atomic E-state index is 13.1. The number of hydrogen-bond donors (Lipinski definition) is 0. The molecular weight excluding hydrogens is 416 g/mol. The van der Waals surface area contributed by atoms with Gasteiger partial charge in [0, 0.05) is 65.2 Å². The van der Waals surface area contributed by atoms with Crippen LogP contribution in [-0.2, 0) is 14.4 Å². The van der Waals surface area contributed by atoms with E-state index in [0.29, 0.717) is 65.1 Å². The second kappa shape index (κ2) is 9.80. The van der Waals surface area contributed by atoms with Gasteiger partial charge in [-0.25, -0.2) is 0 Å². The Bertz CT molecular complexity index is 819. The molecule has 4 heterocycles. The van der Waals surface area contributed by atoms with Gasteiger partial charge in [0.2, 0.25) is 17.7 Å². The minimum absolute atomic E-state index is 0.0352. The van der Waals surface area contributed by atoms with Gasteiger partial charge in [-0.2, -0.15) is 0 Å². The van der Waals surface area contributed by atoms with E-state index in [1.165, 1.54) is 11.3 Å². The van der Waals surface area contributed by atoms with Gasteiger partial charge in [-0.05, 0) is 30.7 Å². The summed E-state index contributed by atoms with van der Waals surface area (Å²) in [6.45, 7) is 4.71. The lowest BCUT2D eigenvalue weighted by Gasteiger charge is -2.39. The Hall–Kier alpha value is -2.42. The number of amides is 4. The molecule has 0 saturated carbocycles. The fraction of sp³-hybridized carbons (Fsp3) is 0.636. The monoisotopic (exact) mass is 446 g/mol. The summed E-state index contributed by atoms with van der Waals surface area (Å²) in [5.74, 6) is 0.257. The zero-order valence-corrected chi connectivity index (χ0v) is 18.6. The molecule has 1 aromatic rings. The zero-order valence-electron chi connectivity index (χ0n) is 17.8. The summed E-state index contributed by atoms with van der Waals surface area (Å²) < 4.78 is 0. The lowest BCUT2D eigenvalue weighted by Crippen LogP contribution is -2.54. The molecule has 3 aliphatic heterocycles. The van der Waals surface area contributed by atoms with Crippen molar-refractivity contribution in [2.75, 3.05) is 52.4 Å². The van der Waals surface area contributed by atoms with Gasteiger partial charge >= 0.3 is 0 Å². The van der Waals surface area contributed by atoms with Crippen molar-refractivity contribution in [1.82, 2.24) is 19.6 Å². The average Bonchev–Trinajstić information content (AvgIpc) is 3.46. The van der Waals surface area contributed by atoms with Crippen molar-refractivity contribution in [3.05, 3.63) is 22.4 Å². The molecule has 0 aliphatic carbocycles. The van der Waals surface area contributed by atoms with Crippen molar-refractivity contribution in [1.29, 1.82) is 0 Å². The molecule has 3 aliphatic rings. The quantitative estimate of drug-likeness (QED) is 0.659. The molecular formula is C22H30N4O4S. The van der Waals surface area contributed by atoms with Crippen LogP contribution in [0.15, 0.2) is 17.5 Å². The summed E-state index contributed by atoms with van der Waals surface area (Å²) >= 11 is 1.44. The standard InChI is InChI=1S/C22H30N4O4S/c27-19-5-1-8-23(19)9-3-10-26-16-17(6-7-20(26)28)21(29)24-11-13-25(14-12-24)22(30)18-4-2-15-31-18/h2,4,15,17H,1,3,5-14,16H2/t17-/m1/s1. The van der Waals surface area contributed by atoms with Crippen molar-refractivity contribution < 1.29 is 19.2 Å². The molecule has 0 N–H and O–H groups in total. The Labute approximate surface area is 186 Å². The van der Waals surface area contributed by atoms with Crippen LogP contribution in [0.3, 0.4) is 0 Å². The van der Waals surface area contributed by atoms with Crippen LogP contribution in [0.2, 0.25) is 0 Å². The number of nitrogens with zero attached hydrogens (tertiary/aromatic N) is 4. The number of carbonyl (C=O) groups excluding carboxylic acids is 4. The lowest BCUT2D eigenvalue weighted by atomic mass is 9.95. The average molecular weight is 447 g/mol. The number of carbonyl (C=O) groups is 4. The van der Waals surface area contributed by atoms with E-state index in [1.54, 1.807) is 4.90 Å². The summed E-state index contributed by atoms with van der Waals surface area (Å²) in [5.41, 5.74) is 0. The first-order valence-electron chi connectivity index (χ1n) is 11.2. The molecule has 0 spiro atoms. The van der Waals surface area contributed by atoms with E-state index in [4.69, 9.17) is 0 Å². The van der Waals surface area contributed by atoms with Gasteiger partial charge in [0.15, 0.2) is 0 Å². The molecule has 0 radical (unpaired) electrons. The van der Waals surface area contributed by atoms with Gasteiger partial charge in [-0.3, -0.25) is 19.2 Å². The van der Waals surface area contributed by atoms with Gasteiger partial charge in [-0.1, -0.05) is 6.07 Å². The van der Waals surface area contributed by atoms with E-state index in [0.717, 1.165) is 24.3 Å². The van der Waals surface area contributed by atoms with E-state index in [-0.39, 0.29) is 29.5 Å². The smallest absolute Gasteiger partial charge is 0.264 e. The number of piperazine rings is 1. The van der Waals surface area contributed by atoms with Crippen molar-refractivity contribution in [2.24, 2.45) is 5.92 Å². The third-order valence-corrected chi connectivity index (χ3v) is 7.35. The summed E-state index contributed by atoms with van der Waals surface area (Å²) in [6, 6.07) is 3.70. The summed E-state index contributed by atoms with van der Waals surface area (Å²) in [4.78, 5) is 57.7. The SMILES string of the molecule is O=C1CCCN1CCCN1C[C@H](C(=O)N2CCN(C(=O)c3cccs3)CC2)CCC1=O. The molecule has 1 aromatic heterocycles. The highest BCUT2D eigenvalue weighted by atomic mass is 32.1. The highest BCUT2D eigenvalue weighted by Gasteiger charge is 2.34. The molecule has 0 unspecified atom stereocenters. The normalized spacial score (nSPS) is 22.4. The van der Waals surface area contributed by atoms with E-state index in [9.17, 15) is 19.2 Å². The Morgan fingerprint density at radius 1 is 0.935 bits per heavy atom. The van der Waals surface area contributed by atoms with Gasteiger partial charge in [0.05, 0.1) is 10.8 Å². The first-order valence-corrected chi connectivity index (χ1v) is 12.1. The second-order valence-corrected chi connectivity index (χ2v) is 9.46. The maximum Gasteiger partial charge on any atom is 0.264 e. The zero-order chi connectivity index (χ0) is 21.8. The van der Waals surface area contributed by atoms with Crippen molar-refractivity contribution in [3.8, 4) is 0 Å². The number of likely N-dealkylation sites (tertiary alicyclic amines) is 2. The first kappa shape index (κ1) is 21.8. The predicted octanol–water partition coefficient (Wildman–Crippen LogP) is 1.28. The Morgan fingerprint density at radius 2 is 1.65 bits per heavy atom. The largest absolute Gasteiger partial charge is 0.343 e. The van der Waals surface area contributed by atoms with E-state index < -0.39 is 0 Å². The van der Waals surface area contributed by atoms with Gasteiger partial charge in [0.1, 0.15) is 0 Å². The van der Waals surface area contributed by atoms with E-state index in [1.807, 2.05) is 32.2 Å². The number of thiophene rings is 1. The first-order chi connectivity index (χ1) is 15.0. The molecule has 1 atom stereocenters. The van der Waals surface area contributed by atoms with Crippen LogP contribution in [0.1, 0.15) is 41.8 Å². The summed E-state index contributed by atoms with van der Waals surface area (Å²) in [5, 5.41) is 1.89. The fourth-order valence-electron chi connectivity index (χ4n) is 4.67. The van der Waals surface area contributed by atoms with E-state index >= 15 is 0 Å². The number of hydrogen-bond acceptors (Lipinski definition) is 5. The molecule has 4 rings (SSSR count). The van der Waals surface area contributed by atoms with Crippen molar-refractivity contribution >= 4 is 35.0 Å². The Morgan fingerprint density at radius 3 is 2.32 bits per heavy atom. The highest BCUT2D eigenvalue weighted by molar-refractivity contribution is 7.12. The van der Waals surface area contributed by atoms with Crippen LogP contribution < -0.4 is 0 Å². The summed E-state index contributed by atoms with van der Waals surface area (Å²) in [7, 11) is 0. The lowest BCUT2D eigenvalue weighted by molar-refractivity contribution is -0.144. The van der Waals surface area contributed by atoms with Crippen LogP contribution >= 0.6 is 11.3 Å². The topological polar surface area (TPSA) is 81.2 Å². The number of piperidine rings is 1. The minimum Gasteiger partial charge on any atom is -0.343 e. The third kappa shape index (κ3) is 5.08. The van der Waals surface area contributed by atoms with Gasteiger partial charge in [0.25, 0.3) is 5.91 Å². The molecule has 3 saturated heterocycles. The molecule has 3 fully saturated rings. The van der Waals surface area contributed by atoms with Gasteiger partial charge in [-0.15, -0.1) is 11.3 Å². The molecule has 9 heteroatoms. The molecule has 0 aromatic carbocycles. The van der Waals surface area contributed by atoms with Gasteiger partial charge < -0.3 is 19.6 Å². The molecule has 31 heavy (non-hydrogen) atoms. The Kier molecular flexibility index (Phi) is 6.89. The van der Waals surface area contributed by atoms with Crippen molar-refractivity contribution in [2.45, 2.75) is 32.1 Å². The highest BCUT2D eigenvalue weighted by Crippen LogP contribution is 2.22. The van der Waals surface area contributed by atoms with E-state index in [2.05, 4.69) is 0 Å². The van der Waals surface area contributed by atoms with Crippen LogP contribution in [-0.4, -0.2) is 95.6 Å². The molecule has 8 nitrogen and oxygen atoms in total. The molecule has 168 valence electrons. The van der Waals surface area contributed by atoms with Crippen LogP contribution in [0.5, 0.6) is 0 Å². The summed E-state index contributed by atoms with van der Waals surface area (Å²) in [6.07, 6.45) is 3.29.